The zero-order chi connectivity index (χ0) is 26.1. The van der Waals surface area contributed by atoms with E-state index in [0.717, 1.165) is 11.1 Å². The van der Waals surface area contributed by atoms with E-state index in [2.05, 4.69) is 0 Å². The average Bonchev–Trinajstić information content (AvgIpc) is 2.86. The van der Waals surface area contributed by atoms with Gasteiger partial charge in [0, 0.05) is 28.5 Å². The van der Waals surface area contributed by atoms with Gasteiger partial charge in [0.15, 0.2) is 12.6 Å². The molecule has 3 aromatic rings. The molecule has 0 radical (unpaired) electrons. The summed E-state index contributed by atoms with van der Waals surface area (Å²) in [5, 5.41) is 0. The number of carbonyl (C=O) groups excluding carboxylic acids is 4. The molecule has 0 unspecified atom stereocenters. The van der Waals surface area contributed by atoms with Crippen LogP contribution in [-0.4, -0.2) is 24.5 Å². The largest absolute Gasteiger partial charge is 0.461 e. The molecule has 9 heteroatoms. The van der Waals surface area contributed by atoms with E-state index in [-0.39, 0.29) is 41.8 Å². The van der Waals surface area contributed by atoms with E-state index in [1.165, 1.54) is 13.8 Å². The summed E-state index contributed by atoms with van der Waals surface area (Å²) in [6, 6.07) is 16.9. The third-order valence-corrected chi connectivity index (χ3v) is 5.54. The van der Waals surface area contributed by atoms with Gasteiger partial charge in [0.25, 0.3) is 6.29 Å². The van der Waals surface area contributed by atoms with Crippen LogP contribution in [0.5, 0.6) is 11.5 Å². The Morgan fingerprint density at radius 1 is 0.750 bits per heavy atom. The second kappa shape index (κ2) is 12.8. The van der Waals surface area contributed by atoms with Gasteiger partial charge in [0.2, 0.25) is 0 Å². The van der Waals surface area contributed by atoms with Crippen LogP contribution in [-0.2, 0) is 32.3 Å². The Bertz CT molecular complexity index is 1140. The fourth-order valence-electron chi connectivity index (χ4n) is 3.22. The van der Waals surface area contributed by atoms with Crippen LogP contribution in [0.15, 0.2) is 60.7 Å². The Morgan fingerprint density at radius 3 is 1.47 bits per heavy atom. The SMILES string of the molecule is CC(=O)OCc1ccc(OC(Oc2ccc(COC(C)=O)cc2)c2c(C=O)cc(I)cc2C=O)cc1. The van der Waals surface area contributed by atoms with Crippen molar-refractivity contribution >= 4 is 47.1 Å². The lowest BCUT2D eigenvalue weighted by atomic mass is 10.0. The van der Waals surface area contributed by atoms with Crippen LogP contribution in [0, 0.1) is 3.57 Å². The standard InChI is InChI=1S/C27H23IO8/c1-17(31)33-15-19-3-7-24(8-4-19)35-27(26-21(13-29)11-23(28)12-22(26)14-30)36-25-9-5-20(6-10-25)16-34-18(2)32/h3-14,27H,15-16H2,1-2H3. The van der Waals surface area contributed by atoms with Crippen molar-refractivity contribution in [3.05, 3.63) is 92.1 Å². The maximum Gasteiger partial charge on any atom is 0.302 e. The molecule has 0 fully saturated rings. The van der Waals surface area contributed by atoms with Crippen LogP contribution in [0.25, 0.3) is 0 Å². The number of benzene rings is 3. The van der Waals surface area contributed by atoms with Gasteiger partial charge >= 0.3 is 11.9 Å². The third-order valence-electron chi connectivity index (χ3n) is 4.92. The smallest absolute Gasteiger partial charge is 0.302 e. The lowest BCUT2D eigenvalue weighted by Crippen LogP contribution is -2.19. The number of esters is 2. The zero-order valence-corrected chi connectivity index (χ0v) is 21.7. The molecule has 0 bridgehead atoms. The van der Waals surface area contributed by atoms with Crippen molar-refractivity contribution in [3.63, 3.8) is 0 Å². The third kappa shape index (κ3) is 7.64. The second-order valence-electron chi connectivity index (χ2n) is 7.65. The van der Waals surface area contributed by atoms with Gasteiger partial charge in [-0.15, -0.1) is 0 Å². The Kier molecular flexibility index (Phi) is 9.57. The van der Waals surface area contributed by atoms with Crippen molar-refractivity contribution in [1.29, 1.82) is 0 Å². The van der Waals surface area contributed by atoms with Crippen LogP contribution in [0.3, 0.4) is 0 Å². The van der Waals surface area contributed by atoms with Crippen molar-refractivity contribution in [2.45, 2.75) is 33.4 Å². The highest BCUT2D eigenvalue weighted by Gasteiger charge is 2.24. The molecule has 3 rings (SSSR count). The molecule has 0 heterocycles. The van der Waals surface area contributed by atoms with E-state index in [1.54, 1.807) is 60.7 Å². The Hall–Kier alpha value is -3.73. The van der Waals surface area contributed by atoms with Gasteiger partial charge < -0.3 is 18.9 Å². The van der Waals surface area contributed by atoms with Gasteiger partial charge in [-0.2, -0.15) is 0 Å². The predicted octanol–water partition coefficient (Wildman–Crippen LogP) is 5.20. The highest BCUT2D eigenvalue weighted by atomic mass is 127. The van der Waals surface area contributed by atoms with Crippen molar-refractivity contribution in [1.82, 2.24) is 0 Å². The fourth-order valence-corrected chi connectivity index (χ4v) is 3.89. The molecule has 3 aromatic carbocycles. The van der Waals surface area contributed by atoms with Gasteiger partial charge in [-0.05, 0) is 70.1 Å². The quantitative estimate of drug-likeness (QED) is 0.128. The Balaban J connectivity index is 1.92. The van der Waals surface area contributed by atoms with E-state index in [0.29, 0.717) is 27.6 Å². The van der Waals surface area contributed by atoms with Gasteiger partial charge in [0.05, 0.1) is 5.56 Å². The highest BCUT2D eigenvalue weighted by Crippen LogP contribution is 2.31. The first-order valence-corrected chi connectivity index (χ1v) is 11.9. The van der Waals surface area contributed by atoms with Gasteiger partial charge in [0.1, 0.15) is 24.7 Å². The fraction of sp³-hybridized carbons (Fsp3) is 0.185. The van der Waals surface area contributed by atoms with Crippen molar-refractivity contribution < 1.29 is 38.1 Å². The first kappa shape index (κ1) is 26.9. The monoisotopic (exact) mass is 602 g/mol. The van der Waals surface area contributed by atoms with E-state index < -0.39 is 6.29 Å². The van der Waals surface area contributed by atoms with Gasteiger partial charge in [-0.25, -0.2) is 0 Å². The number of rotatable bonds is 11. The molecule has 0 saturated carbocycles. The van der Waals surface area contributed by atoms with Gasteiger partial charge in [-0.3, -0.25) is 19.2 Å². The normalized spacial score (nSPS) is 10.4. The number of hydrogen-bond donors (Lipinski definition) is 0. The number of hydrogen-bond acceptors (Lipinski definition) is 8. The van der Waals surface area contributed by atoms with E-state index in [4.69, 9.17) is 18.9 Å². The highest BCUT2D eigenvalue weighted by molar-refractivity contribution is 14.1. The summed E-state index contributed by atoms with van der Waals surface area (Å²) in [5.41, 5.74) is 2.32. The molecule has 0 aromatic heterocycles. The predicted molar refractivity (Wildman–Crippen MR) is 138 cm³/mol. The molecule has 0 aliphatic heterocycles. The van der Waals surface area contributed by atoms with Crippen LogP contribution in [0.4, 0.5) is 0 Å². The summed E-state index contributed by atoms with van der Waals surface area (Å²) in [6.07, 6.45) is 0.157. The number of aldehydes is 2. The molecule has 8 nitrogen and oxygen atoms in total. The Labute approximate surface area is 221 Å². The first-order chi connectivity index (χ1) is 17.3. The maximum absolute atomic E-state index is 11.9. The molecule has 186 valence electrons. The molecular formula is C27H23IO8. The van der Waals surface area contributed by atoms with E-state index in [1.807, 2.05) is 22.6 Å². The average molecular weight is 602 g/mol. The van der Waals surface area contributed by atoms with E-state index >= 15 is 0 Å². The minimum Gasteiger partial charge on any atom is -0.461 e. The molecule has 0 spiro atoms. The number of ether oxygens (including phenoxy) is 4. The summed E-state index contributed by atoms with van der Waals surface area (Å²) in [7, 11) is 0. The van der Waals surface area contributed by atoms with Crippen molar-refractivity contribution in [3.8, 4) is 11.5 Å². The molecule has 0 N–H and O–H groups in total. The summed E-state index contributed by atoms with van der Waals surface area (Å²) in [5.74, 6) is 0.0453. The molecule has 0 aliphatic rings. The molecule has 0 amide bonds. The summed E-state index contributed by atoms with van der Waals surface area (Å²) < 4.78 is 22.9. The van der Waals surface area contributed by atoms with Crippen LogP contribution < -0.4 is 9.47 Å². The maximum atomic E-state index is 11.9. The van der Waals surface area contributed by atoms with Gasteiger partial charge in [-0.1, -0.05) is 24.3 Å². The molecule has 0 saturated heterocycles. The lowest BCUT2D eigenvalue weighted by molar-refractivity contribution is -0.143. The minimum atomic E-state index is -1.14. The minimum absolute atomic E-state index is 0.122. The summed E-state index contributed by atoms with van der Waals surface area (Å²) in [6.45, 7) is 2.91. The Morgan fingerprint density at radius 2 is 1.14 bits per heavy atom. The van der Waals surface area contributed by atoms with E-state index in [9.17, 15) is 19.2 Å². The van der Waals surface area contributed by atoms with Crippen LogP contribution >= 0.6 is 22.6 Å². The van der Waals surface area contributed by atoms with Crippen molar-refractivity contribution in [2.24, 2.45) is 0 Å². The molecular weight excluding hydrogens is 579 g/mol. The first-order valence-electron chi connectivity index (χ1n) is 10.8. The topological polar surface area (TPSA) is 105 Å². The molecule has 0 atom stereocenters. The molecule has 0 aliphatic carbocycles. The summed E-state index contributed by atoms with van der Waals surface area (Å²) >= 11 is 2.03. The number of halogens is 1. The molecule has 36 heavy (non-hydrogen) atoms. The second-order valence-corrected chi connectivity index (χ2v) is 8.90. The zero-order valence-electron chi connectivity index (χ0n) is 19.6. The lowest BCUT2D eigenvalue weighted by Gasteiger charge is -2.24. The van der Waals surface area contributed by atoms with Crippen LogP contribution in [0.2, 0.25) is 0 Å². The van der Waals surface area contributed by atoms with Crippen LogP contribution in [0.1, 0.15) is 57.5 Å². The number of carbonyl (C=O) groups is 4. The summed E-state index contributed by atoms with van der Waals surface area (Å²) in [4.78, 5) is 45.9. The van der Waals surface area contributed by atoms with Crippen molar-refractivity contribution in [2.75, 3.05) is 0 Å².